The van der Waals surface area contributed by atoms with E-state index >= 15 is 0 Å². The lowest BCUT2D eigenvalue weighted by Crippen LogP contribution is -2.37. The van der Waals surface area contributed by atoms with Gasteiger partial charge in [-0.3, -0.25) is 4.98 Å². The Hall–Kier alpha value is -2.05. The van der Waals surface area contributed by atoms with E-state index in [4.69, 9.17) is 27.9 Å². The van der Waals surface area contributed by atoms with Crippen LogP contribution in [-0.2, 0) is 27.3 Å². The van der Waals surface area contributed by atoms with Gasteiger partial charge in [-0.15, -0.1) is 11.8 Å². The minimum Gasteiger partial charge on any atom is -0.479 e. The van der Waals surface area contributed by atoms with Gasteiger partial charge in [0.1, 0.15) is 0 Å². The van der Waals surface area contributed by atoms with Crippen LogP contribution in [0.15, 0.2) is 71.6 Å². The van der Waals surface area contributed by atoms with Gasteiger partial charge in [0.15, 0.2) is 0 Å². The number of carbonyl (C=O) groups is 1. The summed E-state index contributed by atoms with van der Waals surface area (Å²) in [6, 6.07) is 20.4. The average Bonchev–Trinajstić information content (AvgIpc) is 2.74. The fourth-order valence-electron chi connectivity index (χ4n) is 2.86. The molecule has 0 amide bonds. The minimum atomic E-state index is -1.54. The van der Waals surface area contributed by atoms with E-state index in [1.807, 2.05) is 36.4 Å². The Balaban J connectivity index is 1.72. The molecular formula is C23H21Cl2NO3S. The van der Waals surface area contributed by atoms with E-state index in [0.29, 0.717) is 33.6 Å². The molecule has 1 heterocycles. The molecule has 1 aromatic heterocycles. The number of aromatic nitrogens is 1. The molecule has 0 aliphatic heterocycles. The first-order valence-electron chi connectivity index (χ1n) is 9.34. The topological polar surface area (TPSA) is 59.4 Å². The fourth-order valence-corrected chi connectivity index (χ4v) is 4.44. The Labute approximate surface area is 190 Å². The highest BCUT2D eigenvalue weighted by molar-refractivity contribution is 7.98. The van der Waals surface area contributed by atoms with E-state index in [2.05, 4.69) is 4.98 Å². The summed E-state index contributed by atoms with van der Waals surface area (Å²) < 4.78 is 5.83. The maximum atomic E-state index is 12.0. The molecule has 7 heteroatoms. The van der Waals surface area contributed by atoms with Crippen molar-refractivity contribution >= 4 is 40.9 Å². The Morgan fingerprint density at radius 1 is 1.03 bits per heavy atom. The minimum absolute atomic E-state index is 0.267. The molecule has 2 aromatic carbocycles. The molecule has 0 saturated carbocycles. The second kappa shape index (κ2) is 10.3. The Kier molecular flexibility index (Phi) is 7.78. The zero-order valence-corrected chi connectivity index (χ0v) is 18.7. The standard InChI is InChI=1S/C23H21Cl2NO3S/c1-23(22(27)28,29-14-13-16-7-3-2-4-8-16)20-12-5-9-17(26-20)15-30-21-18(24)10-6-11-19(21)25/h2-12H,13-15H2,1H3,(H,27,28). The molecule has 3 aromatic rings. The summed E-state index contributed by atoms with van der Waals surface area (Å²) in [5, 5.41) is 11.0. The molecule has 1 atom stereocenters. The van der Waals surface area contributed by atoms with Crippen LogP contribution in [0.2, 0.25) is 10.0 Å². The SMILES string of the molecule is CC(OCCc1ccccc1)(C(=O)O)c1cccc(CSc2c(Cl)cccc2Cl)n1. The summed E-state index contributed by atoms with van der Waals surface area (Å²) in [6.45, 7) is 1.80. The van der Waals surface area contributed by atoms with Gasteiger partial charge in [0, 0.05) is 10.6 Å². The Morgan fingerprint density at radius 3 is 2.37 bits per heavy atom. The van der Waals surface area contributed by atoms with Crippen LogP contribution in [0.25, 0.3) is 0 Å². The summed E-state index contributed by atoms with van der Waals surface area (Å²) in [7, 11) is 0. The van der Waals surface area contributed by atoms with Crippen molar-refractivity contribution in [3.8, 4) is 0 Å². The van der Waals surface area contributed by atoms with Crippen molar-refractivity contribution < 1.29 is 14.6 Å². The fraction of sp³-hybridized carbons (Fsp3) is 0.217. The van der Waals surface area contributed by atoms with Gasteiger partial charge in [0.05, 0.1) is 28.0 Å². The Morgan fingerprint density at radius 2 is 1.70 bits per heavy atom. The molecule has 0 saturated heterocycles. The molecule has 0 fully saturated rings. The molecule has 0 aliphatic carbocycles. The van der Waals surface area contributed by atoms with Crippen molar-refractivity contribution in [3.05, 3.63) is 93.7 Å². The third kappa shape index (κ3) is 5.55. The highest BCUT2D eigenvalue weighted by Crippen LogP contribution is 2.35. The summed E-state index contributed by atoms with van der Waals surface area (Å²) >= 11 is 13.9. The second-order valence-electron chi connectivity index (χ2n) is 6.78. The third-order valence-corrected chi connectivity index (χ3v) is 6.63. The first kappa shape index (κ1) is 22.6. The van der Waals surface area contributed by atoms with Crippen molar-refractivity contribution in [3.63, 3.8) is 0 Å². The maximum Gasteiger partial charge on any atom is 0.342 e. The lowest BCUT2D eigenvalue weighted by Gasteiger charge is -2.25. The Bertz CT molecular complexity index is 996. The molecule has 4 nitrogen and oxygen atoms in total. The smallest absolute Gasteiger partial charge is 0.342 e. The number of pyridine rings is 1. The maximum absolute atomic E-state index is 12.0. The van der Waals surface area contributed by atoms with Crippen LogP contribution in [0.3, 0.4) is 0 Å². The molecule has 1 unspecified atom stereocenters. The molecular weight excluding hydrogens is 441 g/mol. The number of halogens is 2. The molecule has 0 radical (unpaired) electrons. The van der Waals surface area contributed by atoms with Crippen LogP contribution in [0.4, 0.5) is 0 Å². The van der Waals surface area contributed by atoms with Gasteiger partial charge >= 0.3 is 5.97 Å². The number of ether oxygens (including phenoxy) is 1. The zero-order chi connectivity index (χ0) is 21.6. The van der Waals surface area contributed by atoms with Crippen LogP contribution >= 0.6 is 35.0 Å². The van der Waals surface area contributed by atoms with Gasteiger partial charge in [0.25, 0.3) is 0 Å². The van der Waals surface area contributed by atoms with Crippen LogP contribution in [0.5, 0.6) is 0 Å². The number of carboxylic acids is 1. The van der Waals surface area contributed by atoms with E-state index < -0.39 is 11.6 Å². The van der Waals surface area contributed by atoms with E-state index in [9.17, 15) is 9.90 Å². The monoisotopic (exact) mass is 461 g/mol. The van der Waals surface area contributed by atoms with Gasteiger partial charge < -0.3 is 9.84 Å². The van der Waals surface area contributed by atoms with Crippen molar-refractivity contribution in [2.45, 2.75) is 29.6 Å². The number of benzene rings is 2. The number of hydrogen-bond donors (Lipinski definition) is 1. The molecule has 3 rings (SSSR count). The summed E-state index contributed by atoms with van der Waals surface area (Å²) in [5.74, 6) is -0.584. The van der Waals surface area contributed by atoms with E-state index in [-0.39, 0.29) is 6.61 Å². The van der Waals surface area contributed by atoms with Crippen molar-refractivity contribution in [2.75, 3.05) is 6.61 Å². The number of hydrogen-bond acceptors (Lipinski definition) is 4. The van der Waals surface area contributed by atoms with Crippen LogP contribution in [0, 0.1) is 0 Å². The summed E-state index contributed by atoms with van der Waals surface area (Å²) in [4.78, 5) is 17.4. The number of thioether (sulfide) groups is 1. The number of aliphatic carboxylic acids is 1. The average molecular weight is 462 g/mol. The number of carboxylic acid groups (broad SMARTS) is 1. The normalized spacial score (nSPS) is 13.0. The highest BCUT2D eigenvalue weighted by Gasteiger charge is 2.38. The van der Waals surface area contributed by atoms with Gasteiger partial charge in [-0.1, -0.05) is 65.7 Å². The molecule has 30 heavy (non-hydrogen) atoms. The summed E-state index contributed by atoms with van der Waals surface area (Å²) in [5.41, 5.74) is 0.608. The predicted octanol–water partition coefficient (Wildman–Crippen LogP) is 6.24. The molecule has 1 N–H and O–H groups in total. The van der Waals surface area contributed by atoms with E-state index in [1.165, 1.54) is 18.7 Å². The van der Waals surface area contributed by atoms with Gasteiger partial charge in [-0.05, 0) is 43.2 Å². The van der Waals surface area contributed by atoms with E-state index in [1.54, 1.807) is 30.3 Å². The largest absolute Gasteiger partial charge is 0.479 e. The number of rotatable bonds is 9. The quantitative estimate of drug-likeness (QED) is 0.382. The van der Waals surface area contributed by atoms with Gasteiger partial charge in [-0.2, -0.15) is 0 Å². The van der Waals surface area contributed by atoms with Crippen molar-refractivity contribution in [1.29, 1.82) is 0 Å². The van der Waals surface area contributed by atoms with Gasteiger partial charge in [-0.25, -0.2) is 4.79 Å². The van der Waals surface area contributed by atoms with Crippen LogP contribution in [0.1, 0.15) is 23.9 Å². The molecule has 0 spiro atoms. The number of nitrogens with zero attached hydrogens (tertiary/aromatic N) is 1. The van der Waals surface area contributed by atoms with E-state index in [0.717, 1.165) is 10.5 Å². The highest BCUT2D eigenvalue weighted by atomic mass is 35.5. The molecule has 156 valence electrons. The van der Waals surface area contributed by atoms with Crippen molar-refractivity contribution in [2.24, 2.45) is 0 Å². The lowest BCUT2D eigenvalue weighted by molar-refractivity contribution is -0.165. The molecule has 0 aliphatic rings. The van der Waals surface area contributed by atoms with Crippen LogP contribution < -0.4 is 0 Å². The van der Waals surface area contributed by atoms with Crippen molar-refractivity contribution in [1.82, 2.24) is 4.98 Å². The van der Waals surface area contributed by atoms with Crippen LogP contribution in [-0.4, -0.2) is 22.7 Å². The predicted molar refractivity (Wildman–Crippen MR) is 121 cm³/mol. The zero-order valence-electron chi connectivity index (χ0n) is 16.3. The third-order valence-electron chi connectivity index (χ3n) is 4.61. The second-order valence-corrected chi connectivity index (χ2v) is 8.58. The first-order valence-corrected chi connectivity index (χ1v) is 11.1. The lowest BCUT2D eigenvalue weighted by atomic mass is 10.0. The first-order chi connectivity index (χ1) is 14.4. The summed E-state index contributed by atoms with van der Waals surface area (Å²) in [6.07, 6.45) is 0.615. The molecule has 0 bridgehead atoms. The van der Waals surface area contributed by atoms with Gasteiger partial charge in [0.2, 0.25) is 5.60 Å².